The Balaban J connectivity index is 0.992. The number of piperidine rings is 1. The standard InChI is InChI=1S/C54H64F6N10O6/c1-32-23-40(71)24-33(2)41(32)29-43(61)48(73)65-44(13-8-16-64-52(62)63)49(74)66-45-27-35-11-6-7-12-36(35)30-69(51(45)76)18-15-47(72)68-21-19-67(20-22-68)46-14-17-70(31-42(46)34-9-4-3-5-10-34)50(75)37-25-38(53(55,56)57)28-39(26-37)54(58,59)60/h3-7,9-12,23-26,28,42-46,71H,8,13-22,27,29-31,61H2,1-2H3,(H,65,73)(H,66,74)(H4,62,63,64)/t42-,43+,44-,45+,46-/m1/s1. The predicted molar refractivity (Wildman–Crippen MR) is 271 cm³/mol. The van der Waals surface area contributed by atoms with Gasteiger partial charge in [-0.1, -0.05) is 54.6 Å². The van der Waals surface area contributed by atoms with Crippen LogP contribution in [0.25, 0.3) is 0 Å². The monoisotopic (exact) mass is 1060 g/mol. The van der Waals surface area contributed by atoms with Crippen molar-refractivity contribution in [2.75, 3.05) is 52.4 Å². The van der Waals surface area contributed by atoms with Crippen LogP contribution in [0.3, 0.4) is 0 Å². The van der Waals surface area contributed by atoms with E-state index < -0.39 is 70.8 Å². The van der Waals surface area contributed by atoms with E-state index in [0.29, 0.717) is 51.2 Å². The zero-order chi connectivity index (χ0) is 55.1. The molecule has 4 aromatic rings. The molecule has 408 valence electrons. The number of hydrogen-bond donors (Lipinski definition) is 6. The van der Waals surface area contributed by atoms with Gasteiger partial charge in [0.2, 0.25) is 23.6 Å². The summed E-state index contributed by atoms with van der Waals surface area (Å²) in [6, 6.07) is 17.2. The van der Waals surface area contributed by atoms with Crippen LogP contribution >= 0.6 is 0 Å². The molecule has 2 saturated heterocycles. The maximum atomic E-state index is 14.4. The Morgan fingerprint density at radius 2 is 1.42 bits per heavy atom. The van der Waals surface area contributed by atoms with Gasteiger partial charge in [-0.3, -0.25) is 33.9 Å². The quantitative estimate of drug-likeness (QED) is 0.0390. The lowest BCUT2D eigenvalue weighted by molar-refractivity contribution is -0.143. The van der Waals surface area contributed by atoms with Crippen molar-refractivity contribution >= 4 is 35.5 Å². The Bertz CT molecular complexity index is 2730. The summed E-state index contributed by atoms with van der Waals surface area (Å²) >= 11 is 0. The molecule has 5 amide bonds. The van der Waals surface area contributed by atoms with Gasteiger partial charge in [-0.15, -0.1) is 0 Å². The minimum atomic E-state index is -5.11. The van der Waals surface area contributed by atoms with E-state index in [1.165, 1.54) is 4.90 Å². The fourth-order valence-electron chi connectivity index (χ4n) is 10.5. The number of amides is 5. The van der Waals surface area contributed by atoms with Crippen molar-refractivity contribution in [2.45, 2.75) is 101 Å². The Labute approximate surface area is 436 Å². The number of nitrogens with one attached hydrogen (secondary N) is 2. The number of benzene rings is 4. The topological polar surface area (TPSA) is 233 Å². The van der Waals surface area contributed by atoms with Gasteiger partial charge in [-0.05, 0) is 103 Å². The normalized spacial score (nSPS) is 19.2. The molecule has 0 saturated carbocycles. The molecule has 9 N–H and O–H groups in total. The van der Waals surface area contributed by atoms with E-state index in [9.17, 15) is 55.4 Å². The van der Waals surface area contributed by atoms with Crippen LogP contribution in [-0.2, 0) is 50.9 Å². The molecule has 3 aliphatic rings. The van der Waals surface area contributed by atoms with Crippen LogP contribution in [0.4, 0.5) is 26.3 Å². The number of piperazine rings is 1. The molecule has 0 radical (unpaired) electrons. The van der Waals surface area contributed by atoms with Gasteiger partial charge in [-0.25, -0.2) is 0 Å². The number of phenols is 1. The fourth-order valence-corrected chi connectivity index (χ4v) is 10.5. The molecule has 3 aliphatic heterocycles. The van der Waals surface area contributed by atoms with Crippen LogP contribution in [0.5, 0.6) is 5.75 Å². The summed E-state index contributed by atoms with van der Waals surface area (Å²) in [4.78, 5) is 80.6. The highest BCUT2D eigenvalue weighted by Gasteiger charge is 2.41. The summed E-state index contributed by atoms with van der Waals surface area (Å²) in [7, 11) is 0. The zero-order valence-electron chi connectivity index (χ0n) is 42.3. The van der Waals surface area contributed by atoms with E-state index in [2.05, 4.69) is 20.5 Å². The van der Waals surface area contributed by atoms with Gasteiger partial charge in [0.25, 0.3) is 5.91 Å². The number of nitrogens with zero attached hydrogens (tertiary/aromatic N) is 5. The van der Waals surface area contributed by atoms with Gasteiger partial charge >= 0.3 is 12.4 Å². The smallest absolute Gasteiger partial charge is 0.416 e. The zero-order valence-corrected chi connectivity index (χ0v) is 42.3. The molecule has 3 heterocycles. The predicted octanol–water partition coefficient (Wildman–Crippen LogP) is 4.76. The first-order chi connectivity index (χ1) is 36.0. The Morgan fingerprint density at radius 3 is 2.04 bits per heavy atom. The summed E-state index contributed by atoms with van der Waals surface area (Å²) in [6.07, 6.45) is -9.23. The van der Waals surface area contributed by atoms with Crippen molar-refractivity contribution in [1.29, 1.82) is 0 Å². The van der Waals surface area contributed by atoms with Crippen molar-refractivity contribution in [2.24, 2.45) is 22.2 Å². The van der Waals surface area contributed by atoms with Crippen LogP contribution < -0.4 is 27.8 Å². The Hall–Kier alpha value is -7.20. The van der Waals surface area contributed by atoms with Crippen LogP contribution in [0.15, 0.2) is 89.9 Å². The minimum absolute atomic E-state index is 0.00293. The SMILES string of the molecule is Cc1cc(O)cc(C)c1C[C@H](N)C(=O)N[C@H](CCCN=C(N)N)C(=O)N[C@H]1Cc2ccccc2CN(CCC(=O)N2CCN([C@@H]3CCN(C(=O)c4cc(C(F)(F)F)cc(C(F)(F)F)c4)C[C@@H]3c3ccccc3)CC2)C1=O. The van der Waals surface area contributed by atoms with Gasteiger partial charge in [0, 0.05) is 89.3 Å². The molecule has 76 heavy (non-hydrogen) atoms. The van der Waals surface area contributed by atoms with E-state index in [-0.39, 0.29) is 94.0 Å². The van der Waals surface area contributed by atoms with E-state index in [0.717, 1.165) is 33.4 Å². The van der Waals surface area contributed by atoms with Crippen molar-refractivity contribution in [1.82, 2.24) is 30.2 Å². The maximum absolute atomic E-state index is 14.4. The Morgan fingerprint density at radius 1 is 0.803 bits per heavy atom. The number of aliphatic imine (C=N–C) groups is 1. The van der Waals surface area contributed by atoms with Gasteiger partial charge in [0.15, 0.2) is 5.96 Å². The Kier molecular flexibility index (Phi) is 18.0. The molecular weight excluding hydrogens is 999 g/mol. The van der Waals surface area contributed by atoms with Gasteiger partial charge in [0.1, 0.15) is 17.8 Å². The van der Waals surface area contributed by atoms with Gasteiger partial charge < -0.3 is 47.6 Å². The molecule has 5 atom stereocenters. The third-order valence-electron chi connectivity index (χ3n) is 14.5. The van der Waals surface area contributed by atoms with Crippen LogP contribution in [0.2, 0.25) is 0 Å². The average Bonchev–Trinajstić information content (AvgIpc) is 3.51. The highest BCUT2D eigenvalue weighted by molar-refractivity contribution is 5.95. The number of aryl methyl sites for hydroxylation is 2. The van der Waals surface area contributed by atoms with Crippen molar-refractivity contribution in [3.8, 4) is 5.75 Å². The summed E-state index contributed by atoms with van der Waals surface area (Å²) in [5.74, 6) is -3.22. The van der Waals surface area contributed by atoms with Crippen molar-refractivity contribution < 1.29 is 55.4 Å². The largest absolute Gasteiger partial charge is 0.508 e. The molecule has 2 fully saturated rings. The number of nitrogens with two attached hydrogens (primary N) is 3. The van der Waals surface area contributed by atoms with E-state index in [1.807, 2.05) is 54.6 Å². The second kappa shape index (κ2) is 24.2. The highest BCUT2D eigenvalue weighted by Crippen LogP contribution is 2.38. The first kappa shape index (κ1) is 56.5. The number of phenolic OH excluding ortho intramolecular Hbond substituents is 1. The number of aromatic hydroxyl groups is 1. The number of hydrogen-bond acceptors (Lipinski definition) is 9. The molecule has 0 aromatic heterocycles. The molecular formula is C54H64F6N10O6. The first-order valence-electron chi connectivity index (χ1n) is 25.2. The summed E-state index contributed by atoms with van der Waals surface area (Å²) in [5, 5.41) is 15.7. The maximum Gasteiger partial charge on any atom is 0.416 e. The summed E-state index contributed by atoms with van der Waals surface area (Å²) in [5.41, 5.74) is 18.3. The lowest BCUT2D eigenvalue weighted by Gasteiger charge is -2.47. The minimum Gasteiger partial charge on any atom is -0.508 e. The van der Waals surface area contributed by atoms with Crippen molar-refractivity contribution in [3.63, 3.8) is 0 Å². The lowest BCUT2D eigenvalue weighted by atomic mass is 9.84. The molecule has 4 aromatic carbocycles. The number of likely N-dealkylation sites (tertiary alicyclic amines) is 1. The van der Waals surface area contributed by atoms with E-state index in [4.69, 9.17) is 17.2 Å². The fraction of sp³-hybridized carbons (Fsp3) is 0.444. The third kappa shape index (κ3) is 14.2. The average molecular weight is 1060 g/mol. The lowest BCUT2D eigenvalue weighted by Crippen LogP contribution is -2.57. The number of fused-ring (bicyclic) bond motifs is 1. The highest BCUT2D eigenvalue weighted by atomic mass is 19.4. The number of halogens is 6. The number of rotatable bonds is 16. The van der Waals surface area contributed by atoms with Crippen LogP contribution in [0.1, 0.15) is 86.5 Å². The third-order valence-corrected chi connectivity index (χ3v) is 14.5. The first-order valence-corrected chi connectivity index (χ1v) is 25.2. The summed E-state index contributed by atoms with van der Waals surface area (Å²) in [6.45, 7) is 5.58. The molecule has 0 bridgehead atoms. The van der Waals surface area contributed by atoms with E-state index >= 15 is 0 Å². The number of guanidine groups is 1. The molecule has 0 spiro atoms. The molecule has 0 aliphatic carbocycles. The van der Waals surface area contributed by atoms with E-state index in [1.54, 1.807) is 35.8 Å². The van der Waals surface area contributed by atoms with Crippen LogP contribution in [0, 0.1) is 13.8 Å². The number of carbonyl (C=O) groups is 5. The number of carbonyl (C=O) groups excluding carboxylic acids is 5. The number of alkyl halides is 6. The molecule has 0 unspecified atom stereocenters. The summed E-state index contributed by atoms with van der Waals surface area (Å²) < 4.78 is 82.4. The molecule has 22 heteroatoms. The molecule has 16 nitrogen and oxygen atoms in total. The van der Waals surface area contributed by atoms with Gasteiger partial charge in [0.05, 0.1) is 17.2 Å². The van der Waals surface area contributed by atoms with Crippen molar-refractivity contribution in [3.05, 3.63) is 135 Å². The molecule has 7 rings (SSSR count). The van der Waals surface area contributed by atoms with Gasteiger partial charge in [-0.2, -0.15) is 26.3 Å². The van der Waals surface area contributed by atoms with Crippen LogP contribution in [-0.4, -0.2) is 137 Å². The second-order valence-electron chi connectivity index (χ2n) is 19.8. The second-order valence-corrected chi connectivity index (χ2v) is 19.8.